The largest absolute Gasteiger partial charge is 0.748 e. The minimum absolute atomic E-state index is 0.0237. The number of nitrogens with zero attached hydrogens (tertiary/aromatic N) is 2. The first-order valence-corrected chi connectivity index (χ1v) is 12.1. The molecule has 0 amide bonds. The fourth-order valence-corrected chi connectivity index (χ4v) is 4.87. The molecule has 0 N–H and O–H groups in total. The fraction of sp³-hybridized carbons (Fsp3) is 0.333. The van der Waals surface area contributed by atoms with Crippen molar-refractivity contribution in [2.24, 2.45) is 0 Å². The lowest BCUT2D eigenvalue weighted by Crippen LogP contribution is -2.59. The number of fused-ring (bicyclic) bond motifs is 2. The van der Waals surface area contributed by atoms with Gasteiger partial charge >= 0.3 is 0 Å². The molecule has 2 heterocycles. The highest BCUT2D eigenvalue weighted by Gasteiger charge is 2.58. The number of hydrogen-bond acceptors (Lipinski definition) is 7. The van der Waals surface area contributed by atoms with Gasteiger partial charge in [-0.3, -0.25) is 10.1 Å². The molecule has 1 spiro atoms. The Labute approximate surface area is 194 Å². The molecule has 0 saturated heterocycles. The van der Waals surface area contributed by atoms with Crippen LogP contribution in [0.1, 0.15) is 38.3 Å². The Hall–Kier alpha value is -3.17. The predicted molar refractivity (Wildman–Crippen MR) is 127 cm³/mol. The number of ether oxygens (including phenoxy) is 1. The molecule has 9 heteroatoms. The van der Waals surface area contributed by atoms with Crippen LogP contribution < -0.4 is 9.64 Å². The van der Waals surface area contributed by atoms with Gasteiger partial charge in [0.15, 0.2) is 0 Å². The van der Waals surface area contributed by atoms with Crippen LogP contribution in [0, 0.1) is 10.1 Å². The number of para-hydroxylation sites is 1. The van der Waals surface area contributed by atoms with Crippen LogP contribution in [0.5, 0.6) is 5.75 Å². The summed E-state index contributed by atoms with van der Waals surface area (Å²) in [4.78, 5) is 12.6. The van der Waals surface area contributed by atoms with E-state index in [1.165, 1.54) is 12.1 Å². The van der Waals surface area contributed by atoms with Crippen LogP contribution in [0.15, 0.2) is 61.2 Å². The van der Waals surface area contributed by atoms with Crippen LogP contribution in [0.25, 0.3) is 6.08 Å². The van der Waals surface area contributed by atoms with Crippen molar-refractivity contribution >= 4 is 27.6 Å². The Morgan fingerprint density at radius 2 is 1.88 bits per heavy atom. The molecule has 0 radical (unpaired) electrons. The minimum Gasteiger partial charge on any atom is -0.748 e. The SMILES string of the molecule is C=CC.CC1(C)c2ccccc2N(CCCS(=O)(=O)[O-])C12C=Cc1cc([N+](=O)[O-])ccc1O2. The summed E-state index contributed by atoms with van der Waals surface area (Å²) in [5.74, 6) is 0.0414. The zero-order valence-corrected chi connectivity index (χ0v) is 19.7. The van der Waals surface area contributed by atoms with E-state index in [9.17, 15) is 23.1 Å². The maximum absolute atomic E-state index is 11.1. The number of non-ortho nitro benzene ring substituents is 1. The Morgan fingerprint density at radius 1 is 1.21 bits per heavy atom. The van der Waals surface area contributed by atoms with Crippen LogP contribution in [-0.2, 0) is 15.5 Å². The number of rotatable bonds is 5. The molecule has 0 bridgehead atoms. The van der Waals surface area contributed by atoms with Crippen molar-refractivity contribution in [1.29, 1.82) is 0 Å². The third-order valence-corrected chi connectivity index (χ3v) is 6.69. The summed E-state index contributed by atoms with van der Waals surface area (Å²) in [6, 6.07) is 12.2. The maximum Gasteiger partial charge on any atom is 0.270 e. The third-order valence-electron chi connectivity index (χ3n) is 5.90. The van der Waals surface area contributed by atoms with Gasteiger partial charge in [0.25, 0.3) is 5.69 Å². The average molecular weight is 472 g/mol. The van der Waals surface area contributed by atoms with Gasteiger partial charge in [-0.15, -0.1) is 6.58 Å². The zero-order valence-electron chi connectivity index (χ0n) is 18.9. The van der Waals surface area contributed by atoms with Crippen LogP contribution in [0.3, 0.4) is 0 Å². The lowest BCUT2D eigenvalue weighted by Gasteiger charge is -2.47. The highest BCUT2D eigenvalue weighted by molar-refractivity contribution is 7.85. The first-order valence-electron chi connectivity index (χ1n) is 10.5. The molecule has 2 aromatic carbocycles. The van der Waals surface area contributed by atoms with Gasteiger partial charge in [0.05, 0.1) is 20.5 Å². The van der Waals surface area contributed by atoms with Crippen LogP contribution in [-0.4, -0.2) is 35.9 Å². The molecule has 0 aromatic heterocycles. The third kappa shape index (κ3) is 4.51. The molecule has 1 unspecified atom stereocenters. The molecule has 176 valence electrons. The lowest BCUT2D eigenvalue weighted by atomic mass is 9.76. The van der Waals surface area contributed by atoms with Gasteiger partial charge in [0, 0.05) is 35.7 Å². The zero-order chi connectivity index (χ0) is 24.4. The maximum atomic E-state index is 11.1. The molecule has 0 saturated carbocycles. The van der Waals surface area contributed by atoms with Crippen LogP contribution in [0.4, 0.5) is 11.4 Å². The van der Waals surface area contributed by atoms with Gasteiger partial charge in [-0.1, -0.05) is 24.3 Å². The summed E-state index contributed by atoms with van der Waals surface area (Å²) in [5, 5.41) is 11.1. The fourth-order valence-electron chi connectivity index (χ4n) is 4.39. The predicted octanol–water partition coefficient (Wildman–Crippen LogP) is 4.62. The summed E-state index contributed by atoms with van der Waals surface area (Å²) >= 11 is 0. The molecule has 2 aliphatic heterocycles. The Bertz CT molecular complexity index is 1210. The Balaban J connectivity index is 0.000000968. The van der Waals surface area contributed by atoms with Crippen molar-refractivity contribution in [3.8, 4) is 5.75 Å². The van der Waals surface area contributed by atoms with Crippen molar-refractivity contribution in [3.05, 3.63) is 82.4 Å². The molecule has 8 nitrogen and oxygen atoms in total. The molecular formula is C24H27N2O6S-. The van der Waals surface area contributed by atoms with Gasteiger partial charge in [-0.05, 0) is 57.0 Å². The highest BCUT2D eigenvalue weighted by atomic mass is 32.2. The lowest BCUT2D eigenvalue weighted by molar-refractivity contribution is -0.384. The number of hydrogen-bond donors (Lipinski definition) is 0. The molecule has 1 atom stereocenters. The van der Waals surface area contributed by atoms with Crippen LogP contribution in [0.2, 0.25) is 0 Å². The smallest absolute Gasteiger partial charge is 0.270 e. The normalized spacial score (nSPS) is 19.7. The summed E-state index contributed by atoms with van der Waals surface area (Å²) in [6.45, 7) is 9.63. The number of anilines is 1. The van der Waals surface area contributed by atoms with Crippen molar-refractivity contribution in [3.63, 3.8) is 0 Å². The van der Waals surface area contributed by atoms with Crippen LogP contribution >= 0.6 is 0 Å². The molecule has 0 aliphatic carbocycles. The second-order valence-electron chi connectivity index (χ2n) is 8.43. The van der Waals surface area contributed by atoms with E-state index in [-0.39, 0.29) is 12.1 Å². The van der Waals surface area contributed by atoms with Gasteiger partial charge in [-0.25, -0.2) is 8.42 Å². The van der Waals surface area contributed by atoms with E-state index in [0.717, 1.165) is 11.3 Å². The second-order valence-corrected chi connectivity index (χ2v) is 9.95. The van der Waals surface area contributed by atoms with Gasteiger partial charge in [0.2, 0.25) is 5.72 Å². The van der Waals surface area contributed by atoms with E-state index >= 15 is 0 Å². The summed E-state index contributed by atoms with van der Waals surface area (Å²) in [6.07, 6.45) is 5.57. The van der Waals surface area contributed by atoms with Gasteiger partial charge < -0.3 is 14.2 Å². The number of benzene rings is 2. The highest BCUT2D eigenvalue weighted by Crippen LogP contribution is 2.55. The quantitative estimate of drug-likeness (QED) is 0.270. The van der Waals surface area contributed by atoms with Gasteiger partial charge in [0.1, 0.15) is 5.75 Å². The molecule has 33 heavy (non-hydrogen) atoms. The van der Waals surface area contributed by atoms with Crippen molar-refractivity contribution in [1.82, 2.24) is 0 Å². The molecule has 0 fully saturated rings. The summed E-state index contributed by atoms with van der Waals surface area (Å²) in [5.41, 5.74) is 1.03. The van der Waals surface area contributed by atoms with E-state index in [1.54, 1.807) is 18.2 Å². The van der Waals surface area contributed by atoms with E-state index in [1.807, 2.05) is 56.0 Å². The summed E-state index contributed by atoms with van der Waals surface area (Å²) < 4.78 is 39.9. The van der Waals surface area contributed by atoms with E-state index < -0.39 is 31.9 Å². The Morgan fingerprint density at radius 3 is 2.52 bits per heavy atom. The van der Waals surface area contributed by atoms with Gasteiger partial charge in [-0.2, -0.15) is 0 Å². The molecule has 4 rings (SSSR count). The number of allylic oxidation sites excluding steroid dienone is 1. The first-order chi connectivity index (χ1) is 15.5. The van der Waals surface area contributed by atoms with E-state index in [0.29, 0.717) is 17.9 Å². The topological polar surface area (TPSA) is 113 Å². The monoisotopic (exact) mass is 471 g/mol. The first kappa shape index (κ1) is 24.5. The minimum atomic E-state index is -4.33. The second kappa shape index (κ2) is 8.99. The standard InChI is InChI=1S/C21H22N2O6S.C3H6/c1-20(2)17-6-3-4-7-18(17)22(12-5-13-30(26,27)28)21(20)11-10-15-14-16(23(24)25)8-9-19(15)29-21;1-3-2/h3-4,6-11,14H,5,12-13H2,1-2H3,(H,26,27,28);3H,1H2,2H3/p-1. The van der Waals surface area contributed by atoms with Crippen molar-refractivity contribution < 1.29 is 22.6 Å². The average Bonchev–Trinajstić information content (AvgIpc) is 2.92. The number of nitro benzene ring substituents is 1. The molecular weight excluding hydrogens is 444 g/mol. The number of nitro groups is 1. The van der Waals surface area contributed by atoms with Crippen molar-refractivity contribution in [2.75, 3.05) is 17.2 Å². The summed E-state index contributed by atoms with van der Waals surface area (Å²) in [7, 11) is -4.33. The van der Waals surface area contributed by atoms with E-state index in [2.05, 4.69) is 6.58 Å². The Kier molecular flexibility index (Phi) is 6.67. The van der Waals surface area contributed by atoms with E-state index in [4.69, 9.17) is 4.74 Å². The molecule has 2 aliphatic rings. The van der Waals surface area contributed by atoms with Crippen molar-refractivity contribution in [2.45, 2.75) is 38.3 Å². The molecule has 2 aromatic rings.